The van der Waals surface area contributed by atoms with E-state index in [1.165, 1.54) is 0 Å². The number of fused-ring (bicyclic) bond motifs is 1. The van der Waals surface area contributed by atoms with Gasteiger partial charge in [-0.05, 0) is 43.3 Å². The van der Waals surface area contributed by atoms with Gasteiger partial charge in [-0.2, -0.15) is 5.10 Å². The predicted molar refractivity (Wildman–Crippen MR) is 105 cm³/mol. The standard InChI is InChI=1S/C20H20N6O3/c1-14-6-7-26(23-14)19-5-4-18(21-22-19)24-8-10-25(11-9-24)20(27)15-2-3-16-17(12-15)29-13-28-16/h2-7,12H,8-11,13H2,1H3. The number of anilines is 1. The van der Waals surface area contributed by atoms with E-state index < -0.39 is 0 Å². The molecular weight excluding hydrogens is 372 g/mol. The highest BCUT2D eigenvalue weighted by Gasteiger charge is 2.25. The van der Waals surface area contributed by atoms with Crippen LogP contribution in [0.3, 0.4) is 0 Å². The number of ether oxygens (including phenoxy) is 2. The molecule has 1 fully saturated rings. The zero-order valence-corrected chi connectivity index (χ0v) is 16.0. The average Bonchev–Trinajstić information content (AvgIpc) is 3.42. The van der Waals surface area contributed by atoms with Crippen molar-refractivity contribution in [2.24, 2.45) is 0 Å². The molecule has 5 rings (SSSR count). The van der Waals surface area contributed by atoms with Gasteiger partial charge < -0.3 is 19.3 Å². The summed E-state index contributed by atoms with van der Waals surface area (Å²) in [6.45, 7) is 4.77. The highest BCUT2D eigenvalue weighted by atomic mass is 16.7. The molecule has 0 unspecified atom stereocenters. The fourth-order valence-corrected chi connectivity index (χ4v) is 3.50. The number of amides is 1. The van der Waals surface area contributed by atoms with Crippen molar-refractivity contribution in [3.05, 3.63) is 53.9 Å². The van der Waals surface area contributed by atoms with Gasteiger partial charge in [0.25, 0.3) is 5.91 Å². The number of aryl methyl sites for hydroxylation is 1. The minimum absolute atomic E-state index is 0.00145. The molecular formula is C20H20N6O3. The molecule has 0 aliphatic carbocycles. The second-order valence-corrected chi connectivity index (χ2v) is 7.00. The highest BCUT2D eigenvalue weighted by molar-refractivity contribution is 5.95. The molecule has 2 aliphatic heterocycles. The monoisotopic (exact) mass is 392 g/mol. The summed E-state index contributed by atoms with van der Waals surface area (Å²) in [6, 6.07) is 11.1. The van der Waals surface area contributed by atoms with Crippen LogP contribution in [-0.2, 0) is 0 Å². The van der Waals surface area contributed by atoms with Gasteiger partial charge in [0.15, 0.2) is 23.1 Å². The maximum absolute atomic E-state index is 12.8. The molecule has 1 amide bonds. The average molecular weight is 392 g/mol. The first-order valence-electron chi connectivity index (χ1n) is 9.48. The summed E-state index contributed by atoms with van der Waals surface area (Å²) in [7, 11) is 0. The second kappa shape index (κ2) is 7.08. The minimum atomic E-state index is -0.00145. The zero-order chi connectivity index (χ0) is 19.8. The number of carbonyl (C=O) groups excluding carboxylic acids is 1. The van der Waals surface area contributed by atoms with E-state index in [0.29, 0.717) is 49.1 Å². The van der Waals surface area contributed by atoms with Gasteiger partial charge >= 0.3 is 0 Å². The van der Waals surface area contributed by atoms with Crippen LogP contribution in [0.15, 0.2) is 42.6 Å². The summed E-state index contributed by atoms with van der Waals surface area (Å²) in [4.78, 5) is 16.8. The van der Waals surface area contributed by atoms with Crippen LogP contribution in [0.5, 0.6) is 11.5 Å². The van der Waals surface area contributed by atoms with Gasteiger partial charge in [0, 0.05) is 37.9 Å². The van der Waals surface area contributed by atoms with Crippen LogP contribution in [0.1, 0.15) is 16.1 Å². The van der Waals surface area contributed by atoms with E-state index in [0.717, 1.165) is 11.5 Å². The molecule has 9 heteroatoms. The van der Waals surface area contributed by atoms with E-state index in [9.17, 15) is 4.79 Å². The molecule has 0 radical (unpaired) electrons. The van der Waals surface area contributed by atoms with Crippen LogP contribution in [-0.4, -0.2) is 63.8 Å². The van der Waals surface area contributed by atoms with Gasteiger partial charge in [0.2, 0.25) is 6.79 Å². The second-order valence-electron chi connectivity index (χ2n) is 7.00. The zero-order valence-electron chi connectivity index (χ0n) is 16.0. The van der Waals surface area contributed by atoms with Crippen molar-refractivity contribution in [3.63, 3.8) is 0 Å². The number of nitrogens with zero attached hydrogens (tertiary/aromatic N) is 6. The normalized spacial score (nSPS) is 15.6. The SMILES string of the molecule is Cc1ccn(-c2ccc(N3CCN(C(=O)c4ccc5c(c4)OCO5)CC3)nn2)n1. The molecule has 0 spiro atoms. The lowest BCUT2D eigenvalue weighted by Crippen LogP contribution is -2.49. The molecule has 148 valence electrons. The number of hydrogen-bond donors (Lipinski definition) is 0. The van der Waals surface area contributed by atoms with Crippen molar-refractivity contribution in [1.29, 1.82) is 0 Å². The Bertz CT molecular complexity index is 1040. The molecule has 0 atom stereocenters. The van der Waals surface area contributed by atoms with Gasteiger partial charge in [-0.25, -0.2) is 4.68 Å². The molecule has 9 nitrogen and oxygen atoms in total. The van der Waals surface area contributed by atoms with Gasteiger partial charge in [0.1, 0.15) is 0 Å². The Hall–Kier alpha value is -3.62. The number of piperazine rings is 1. The maximum atomic E-state index is 12.8. The third kappa shape index (κ3) is 3.35. The van der Waals surface area contributed by atoms with Crippen molar-refractivity contribution in [2.75, 3.05) is 37.9 Å². The number of carbonyl (C=O) groups is 1. The van der Waals surface area contributed by atoms with E-state index in [-0.39, 0.29) is 12.7 Å². The molecule has 1 saturated heterocycles. The molecule has 0 bridgehead atoms. The van der Waals surface area contributed by atoms with E-state index in [1.54, 1.807) is 22.9 Å². The highest BCUT2D eigenvalue weighted by Crippen LogP contribution is 2.33. The minimum Gasteiger partial charge on any atom is -0.454 e. The molecule has 2 aromatic heterocycles. The molecule has 4 heterocycles. The number of benzene rings is 1. The molecule has 29 heavy (non-hydrogen) atoms. The van der Waals surface area contributed by atoms with E-state index in [4.69, 9.17) is 9.47 Å². The summed E-state index contributed by atoms with van der Waals surface area (Å²) < 4.78 is 12.4. The fraction of sp³-hybridized carbons (Fsp3) is 0.300. The first kappa shape index (κ1) is 17.5. The van der Waals surface area contributed by atoms with E-state index in [2.05, 4.69) is 20.2 Å². The summed E-state index contributed by atoms with van der Waals surface area (Å²) >= 11 is 0. The number of aromatic nitrogens is 4. The van der Waals surface area contributed by atoms with E-state index >= 15 is 0 Å². The molecule has 3 aromatic rings. The Morgan fingerprint density at radius 3 is 2.41 bits per heavy atom. The van der Waals surface area contributed by atoms with Crippen molar-refractivity contribution in [1.82, 2.24) is 24.9 Å². The Labute approximate surface area is 167 Å². The Morgan fingerprint density at radius 1 is 0.931 bits per heavy atom. The lowest BCUT2D eigenvalue weighted by atomic mass is 10.1. The van der Waals surface area contributed by atoms with Crippen LogP contribution in [0.4, 0.5) is 5.82 Å². The van der Waals surface area contributed by atoms with E-state index in [1.807, 2.05) is 36.2 Å². The Morgan fingerprint density at radius 2 is 1.69 bits per heavy atom. The lowest BCUT2D eigenvalue weighted by Gasteiger charge is -2.35. The molecule has 0 N–H and O–H groups in total. The fourth-order valence-electron chi connectivity index (χ4n) is 3.50. The van der Waals surface area contributed by atoms with Gasteiger partial charge in [0.05, 0.1) is 5.69 Å². The quantitative estimate of drug-likeness (QED) is 0.670. The topological polar surface area (TPSA) is 85.6 Å². The smallest absolute Gasteiger partial charge is 0.254 e. The number of rotatable bonds is 3. The first-order valence-corrected chi connectivity index (χ1v) is 9.48. The predicted octanol–water partition coefficient (Wildman–Crippen LogP) is 1.66. The van der Waals surface area contributed by atoms with Crippen LogP contribution < -0.4 is 14.4 Å². The van der Waals surface area contributed by atoms with Gasteiger partial charge in [-0.3, -0.25) is 4.79 Å². The molecule has 0 saturated carbocycles. The Kier molecular flexibility index (Phi) is 4.27. The largest absolute Gasteiger partial charge is 0.454 e. The van der Waals surface area contributed by atoms with Crippen molar-refractivity contribution >= 4 is 11.7 Å². The third-order valence-electron chi connectivity index (χ3n) is 5.10. The van der Waals surface area contributed by atoms with Gasteiger partial charge in [-0.1, -0.05) is 0 Å². The van der Waals surface area contributed by atoms with Gasteiger partial charge in [-0.15, -0.1) is 10.2 Å². The third-order valence-corrected chi connectivity index (χ3v) is 5.10. The first-order chi connectivity index (χ1) is 14.2. The maximum Gasteiger partial charge on any atom is 0.254 e. The van der Waals surface area contributed by atoms with Crippen molar-refractivity contribution in [3.8, 4) is 17.3 Å². The van der Waals surface area contributed by atoms with Crippen LogP contribution in [0, 0.1) is 6.92 Å². The Balaban J connectivity index is 1.23. The van der Waals surface area contributed by atoms with Crippen LogP contribution in [0.25, 0.3) is 5.82 Å². The van der Waals surface area contributed by atoms with Crippen molar-refractivity contribution < 1.29 is 14.3 Å². The number of hydrogen-bond acceptors (Lipinski definition) is 7. The van der Waals surface area contributed by atoms with Crippen LogP contribution >= 0.6 is 0 Å². The summed E-state index contributed by atoms with van der Waals surface area (Å²) in [6.07, 6.45) is 1.86. The molecule has 2 aliphatic rings. The summed E-state index contributed by atoms with van der Waals surface area (Å²) in [5.41, 5.74) is 1.54. The summed E-state index contributed by atoms with van der Waals surface area (Å²) in [5.74, 6) is 2.78. The van der Waals surface area contributed by atoms with Crippen molar-refractivity contribution in [2.45, 2.75) is 6.92 Å². The lowest BCUT2D eigenvalue weighted by molar-refractivity contribution is 0.0746. The van der Waals surface area contributed by atoms with Crippen LogP contribution in [0.2, 0.25) is 0 Å². The summed E-state index contributed by atoms with van der Waals surface area (Å²) in [5, 5.41) is 13.0. The molecule has 1 aromatic carbocycles.